The van der Waals surface area contributed by atoms with Gasteiger partial charge in [0, 0.05) is 11.6 Å². The summed E-state index contributed by atoms with van der Waals surface area (Å²) in [5.74, 6) is -1.63. The summed E-state index contributed by atoms with van der Waals surface area (Å²) in [5, 5.41) is 8.64. The first-order chi connectivity index (χ1) is 14.1. The number of halogens is 4. The van der Waals surface area contributed by atoms with E-state index in [1.165, 1.54) is 6.07 Å². The largest absolute Gasteiger partial charge is 0.485 e. The molecule has 0 radical (unpaired) electrons. The first-order valence-electron chi connectivity index (χ1n) is 8.54. The number of alkyl halides is 3. The zero-order valence-corrected chi connectivity index (χ0v) is 15.5. The summed E-state index contributed by atoms with van der Waals surface area (Å²) in [5.41, 5.74) is -0.898. The molecule has 3 aromatic rings. The number of aromatic nitrogens is 1. The second kappa shape index (κ2) is 8.44. The van der Waals surface area contributed by atoms with Crippen LogP contribution in [0.2, 0.25) is 0 Å². The maximum atomic E-state index is 13.8. The summed E-state index contributed by atoms with van der Waals surface area (Å²) in [7, 11) is 0. The monoisotopic (exact) mass is 425 g/mol. The van der Waals surface area contributed by atoms with Gasteiger partial charge in [-0.25, -0.2) is 14.2 Å². The van der Waals surface area contributed by atoms with Crippen molar-refractivity contribution in [2.45, 2.75) is 19.7 Å². The third-order valence-corrected chi connectivity index (χ3v) is 3.95. The Kier molecular flexibility index (Phi) is 5.95. The van der Waals surface area contributed by atoms with Crippen molar-refractivity contribution in [3.63, 3.8) is 0 Å². The van der Waals surface area contributed by atoms with Crippen LogP contribution in [0.3, 0.4) is 0 Å². The van der Waals surface area contributed by atoms with Crippen LogP contribution in [-0.2, 0) is 17.6 Å². The van der Waals surface area contributed by atoms with Crippen molar-refractivity contribution in [2.24, 2.45) is 0 Å². The molecule has 1 N–H and O–H groups in total. The lowest BCUT2D eigenvalue weighted by atomic mass is 10.1. The summed E-state index contributed by atoms with van der Waals surface area (Å²) < 4.78 is 68.0. The van der Waals surface area contributed by atoms with Crippen LogP contribution in [0.15, 0.2) is 46.9 Å². The molecule has 158 valence electrons. The van der Waals surface area contributed by atoms with Crippen LogP contribution in [0.1, 0.15) is 17.0 Å². The Labute approximate surface area is 167 Å². The highest BCUT2D eigenvalue weighted by Crippen LogP contribution is 2.33. The lowest BCUT2D eigenvalue weighted by Gasteiger charge is -2.08. The summed E-state index contributed by atoms with van der Waals surface area (Å²) in [6, 6.07) is 8.69. The van der Waals surface area contributed by atoms with Crippen LogP contribution in [-0.4, -0.2) is 22.7 Å². The highest BCUT2D eigenvalue weighted by atomic mass is 19.4. The van der Waals surface area contributed by atoms with Gasteiger partial charge in [0.1, 0.15) is 23.9 Å². The first kappa shape index (κ1) is 21.2. The molecule has 0 aliphatic heterocycles. The van der Waals surface area contributed by atoms with Gasteiger partial charge >= 0.3 is 12.1 Å². The van der Waals surface area contributed by atoms with Crippen molar-refractivity contribution in [3.8, 4) is 23.0 Å². The van der Waals surface area contributed by atoms with Gasteiger partial charge in [0.25, 0.3) is 0 Å². The van der Waals surface area contributed by atoms with E-state index < -0.39 is 30.1 Å². The van der Waals surface area contributed by atoms with E-state index in [9.17, 15) is 22.4 Å². The fourth-order valence-corrected chi connectivity index (χ4v) is 2.51. The minimum absolute atomic E-state index is 0.0442. The van der Waals surface area contributed by atoms with E-state index in [2.05, 4.69) is 4.98 Å². The number of benzene rings is 2. The normalized spacial score (nSPS) is 11.4. The molecular formula is C20H15F4NO5. The molecule has 6 nitrogen and oxygen atoms in total. The van der Waals surface area contributed by atoms with E-state index in [0.29, 0.717) is 35.1 Å². The highest BCUT2D eigenvalue weighted by molar-refractivity contribution is 5.68. The number of aryl methyl sites for hydroxylation is 1. The van der Waals surface area contributed by atoms with Gasteiger partial charge in [0.15, 0.2) is 12.4 Å². The minimum atomic E-state index is -4.79. The SMILES string of the molecule is Cc1nc(-c2ccc(C(F)(F)F)c(F)c2)oc1COc1cccc(OCC(=O)O)c1. The summed E-state index contributed by atoms with van der Waals surface area (Å²) in [6.07, 6.45) is -4.79. The van der Waals surface area contributed by atoms with Gasteiger partial charge in [0.2, 0.25) is 5.89 Å². The number of carboxylic acids is 1. The number of hydrogen-bond donors (Lipinski definition) is 1. The van der Waals surface area contributed by atoms with Gasteiger partial charge in [0.05, 0.1) is 11.3 Å². The van der Waals surface area contributed by atoms with Crippen LogP contribution in [0.5, 0.6) is 11.5 Å². The van der Waals surface area contributed by atoms with Crippen molar-refractivity contribution in [1.29, 1.82) is 0 Å². The molecule has 3 rings (SSSR count). The third-order valence-electron chi connectivity index (χ3n) is 3.95. The molecule has 0 amide bonds. The van der Waals surface area contributed by atoms with Crippen molar-refractivity contribution < 1.29 is 41.4 Å². The number of nitrogens with zero attached hydrogens (tertiary/aromatic N) is 1. The average molecular weight is 425 g/mol. The Hall–Kier alpha value is -3.56. The molecule has 10 heteroatoms. The Morgan fingerprint density at radius 3 is 2.47 bits per heavy atom. The van der Waals surface area contributed by atoms with Gasteiger partial charge in [-0.15, -0.1) is 0 Å². The number of oxazole rings is 1. The molecule has 1 heterocycles. The van der Waals surface area contributed by atoms with Crippen LogP contribution < -0.4 is 9.47 Å². The molecule has 0 aliphatic carbocycles. The van der Waals surface area contributed by atoms with Gasteiger partial charge in [-0.05, 0) is 37.3 Å². The molecule has 2 aromatic carbocycles. The van der Waals surface area contributed by atoms with Crippen LogP contribution in [0.4, 0.5) is 17.6 Å². The number of carbonyl (C=O) groups is 1. The molecule has 0 fully saturated rings. The third kappa shape index (κ3) is 5.07. The van der Waals surface area contributed by atoms with E-state index in [0.717, 1.165) is 6.07 Å². The molecule has 0 bridgehead atoms. The molecule has 0 aliphatic rings. The Balaban J connectivity index is 1.72. The number of carboxylic acid groups (broad SMARTS) is 1. The summed E-state index contributed by atoms with van der Waals surface area (Å²) in [6.45, 7) is 1.04. The number of ether oxygens (including phenoxy) is 2. The predicted molar refractivity (Wildman–Crippen MR) is 95.5 cm³/mol. The molecular weight excluding hydrogens is 410 g/mol. The highest BCUT2D eigenvalue weighted by Gasteiger charge is 2.34. The zero-order valence-electron chi connectivity index (χ0n) is 15.5. The molecule has 0 atom stereocenters. The van der Waals surface area contributed by atoms with Gasteiger partial charge in [-0.2, -0.15) is 13.2 Å². The van der Waals surface area contributed by atoms with Crippen molar-refractivity contribution in [2.75, 3.05) is 6.61 Å². The lowest BCUT2D eigenvalue weighted by molar-refractivity contribution is -0.140. The Bertz CT molecular complexity index is 1060. The van der Waals surface area contributed by atoms with Gasteiger partial charge < -0.3 is 19.0 Å². The topological polar surface area (TPSA) is 81.8 Å². The molecule has 0 spiro atoms. The van der Waals surface area contributed by atoms with E-state index in [1.54, 1.807) is 25.1 Å². The molecule has 0 saturated heterocycles. The Morgan fingerprint density at radius 1 is 1.13 bits per heavy atom. The molecule has 0 unspecified atom stereocenters. The number of hydrogen-bond acceptors (Lipinski definition) is 5. The van der Waals surface area contributed by atoms with Crippen molar-refractivity contribution in [3.05, 3.63) is 65.3 Å². The molecule has 30 heavy (non-hydrogen) atoms. The lowest BCUT2D eigenvalue weighted by Crippen LogP contribution is -2.09. The van der Waals surface area contributed by atoms with Crippen LogP contribution >= 0.6 is 0 Å². The van der Waals surface area contributed by atoms with E-state index in [1.807, 2.05) is 0 Å². The number of aliphatic carboxylic acids is 1. The van der Waals surface area contributed by atoms with Gasteiger partial charge in [-0.3, -0.25) is 0 Å². The second-order valence-electron chi connectivity index (χ2n) is 6.17. The summed E-state index contributed by atoms with van der Waals surface area (Å²) >= 11 is 0. The summed E-state index contributed by atoms with van der Waals surface area (Å²) in [4.78, 5) is 14.7. The van der Waals surface area contributed by atoms with E-state index in [4.69, 9.17) is 19.0 Å². The average Bonchev–Trinajstić information content (AvgIpc) is 3.05. The maximum absolute atomic E-state index is 13.8. The van der Waals surface area contributed by atoms with Gasteiger partial charge in [-0.1, -0.05) is 6.07 Å². The molecule has 0 saturated carbocycles. The first-order valence-corrected chi connectivity index (χ1v) is 8.54. The van der Waals surface area contributed by atoms with Crippen LogP contribution in [0.25, 0.3) is 11.5 Å². The predicted octanol–water partition coefficient (Wildman–Crippen LogP) is 4.85. The quantitative estimate of drug-likeness (QED) is 0.545. The number of rotatable bonds is 7. The van der Waals surface area contributed by atoms with Crippen molar-refractivity contribution in [1.82, 2.24) is 4.98 Å². The van der Waals surface area contributed by atoms with Crippen LogP contribution in [0, 0.1) is 12.7 Å². The minimum Gasteiger partial charge on any atom is -0.485 e. The Morgan fingerprint density at radius 2 is 1.83 bits per heavy atom. The standard InChI is InChI=1S/C20H15F4NO5/c1-11-17(9-28-13-3-2-4-14(8-13)29-10-18(26)27)30-19(25-11)12-5-6-15(16(21)7-12)20(22,23)24/h2-8H,9-10H2,1H3,(H,26,27). The second-order valence-corrected chi connectivity index (χ2v) is 6.17. The van der Waals surface area contributed by atoms with E-state index in [-0.39, 0.29) is 18.1 Å². The molecule has 1 aromatic heterocycles. The van der Waals surface area contributed by atoms with Crippen molar-refractivity contribution >= 4 is 5.97 Å². The fraction of sp³-hybridized carbons (Fsp3) is 0.200. The smallest absolute Gasteiger partial charge is 0.419 e. The van der Waals surface area contributed by atoms with E-state index >= 15 is 0 Å². The fourth-order valence-electron chi connectivity index (χ4n) is 2.51. The maximum Gasteiger partial charge on any atom is 0.419 e. The zero-order chi connectivity index (χ0) is 21.9.